The van der Waals surface area contributed by atoms with Gasteiger partial charge in [0.05, 0.1) is 12.2 Å². The first-order valence-electron chi connectivity index (χ1n) is 10.5. The highest BCUT2D eigenvalue weighted by molar-refractivity contribution is 7.99. The first kappa shape index (κ1) is 22.5. The Balaban J connectivity index is 1.61. The van der Waals surface area contributed by atoms with Gasteiger partial charge in [-0.3, -0.25) is 0 Å². The smallest absolute Gasteiger partial charge is 0.335 e. The van der Waals surface area contributed by atoms with Gasteiger partial charge in [-0.25, -0.2) is 18.0 Å². The van der Waals surface area contributed by atoms with Gasteiger partial charge in [-0.15, -0.1) is 11.8 Å². The van der Waals surface area contributed by atoms with Crippen LogP contribution in [0.1, 0.15) is 75.8 Å². The highest BCUT2D eigenvalue weighted by Crippen LogP contribution is 2.39. The van der Waals surface area contributed by atoms with Crippen LogP contribution in [0.25, 0.3) is 0 Å². The lowest BCUT2D eigenvalue weighted by Gasteiger charge is -2.32. The van der Waals surface area contributed by atoms with Gasteiger partial charge in [-0.05, 0) is 61.8 Å². The summed E-state index contributed by atoms with van der Waals surface area (Å²) in [5.74, 6) is -0.276. The number of thioether (sulfide) groups is 1. The number of ether oxygens (including phenoxy) is 2. The van der Waals surface area contributed by atoms with Gasteiger partial charge in [0.2, 0.25) is 0 Å². The Kier molecular flexibility index (Phi) is 7.91. The molecule has 7 heteroatoms. The Morgan fingerprint density at radius 1 is 1.21 bits per heavy atom. The number of carbonyl (C=O) groups excluding carboxylic acids is 1. The predicted molar refractivity (Wildman–Crippen MR) is 107 cm³/mol. The van der Waals surface area contributed by atoms with Crippen LogP contribution in [0.3, 0.4) is 0 Å². The standard InChI is InChI=1S/C22H29F3O3S/c1-3-29-18-11-9-16(19(20(18)23)21(24)25)14-6-10-17(27-12-14)22(26)28-15-7-4-13(2)5-8-15/h9,11,13-15,17,21H,3-8,10,12H2,1-2H3. The van der Waals surface area contributed by atoms with Gasteiger partial charge < -0.3 is 9.47 Å². The minimum Gasteiger partial charge on any atom is -0.460 e. The molecule has 1 aliphatic carbocycles. The fourth-order valence-corrected chi connectivity index (χ4v) is 4.91. The van der Waals surface area contributed by atoms with Crippen LogP contribution in [0.15, 0.2) is 17.0 Å². The van der Waals surface area contributed by atoms with Gasteiger partial charge in [-0.1, -0.05) is 19.9 Å². The molecule has 0 bridgehead atoms. The topological polar surface area (TPSA) is 35.5 Å². The molecular formula is C22H29F3O3S. The van der Waals surface area contributed by atoms with Crippen molar-refractivity contribution in [3.05, 3.63) is 29.1 Å². The monoisotopic (exact) mass is 430 g/mol. The summed E-state index contributed by atoms with van der Waals surface area (Å²) >= 11 is 1.21. The van der Waals surface area contributed by atoms with Gasteiger partial charge >= 0.3 is 5.97 Å². The minimum absolute atomic E-state index is 0.0526. The maximum absolute atomic E-state index is 14.6. The highest BCUT2D eigenvalue weighted by atomic mass is 32.2. The second kappa shape index (κ2) is 10.2. The SMILES string of the molecule is CCSc1ccc(C2CCC(C(=O)OC3CCC(C)CC3)OC2)c(C(F)F)c1F. The van der Waals surface area contributed by atoms with Crippen molar-refractivity contribution in [3.63, 3.8) is 0 Å². The first-order chi connectivity index (χ1) is 13.9. The van der Waals surface area contributed by atoms with Crippen molar-refractivity contribution in [1.29, 1.82) is 0 Å². The Bertz CT molecular complexity index is 697. The first-order valence-corrected chi connectivity index (χ1v) is 11.4. The molecule has 0 radical (unpaired) electrons. The number of carbonyl (C=O) groups is 1. The van der Waals surface area contributed by atoms with Crippen LogP contribution in [0.4, 0.5) is 13.2 Å². The maximum atomic E-state index is 14.6. The van der Waals surface area contributed by atoms with E-state index in [0.29, 0.717) is 24.5 Å². The summed E-state index contributed by atoms with van der Waals surface area (Å²) in [4.78, 5) is 12.6. The highest BCUT2D eigenvalue weighted by Gasteiger charge is 2.34. The number of rotatable bonds is 6. The summed E-state index contributed by atoms with van der Waals surface area (Å²) in [6, 6.07) is 3.15. The number of alkyl halides is 2. The molecule has 0 spiro atoms. The van der Waals surface area contributed by atoms with Gasteiger partial charge in [0.15, 0.2) is 6.10 Å². The van der Waals surface area contributed by atoms with E-state index in [1.807, 2.05) is 6.92 Å². The minimum atomic E-state index is -2.89. The predicted octanol–water partition coefficient (Wildman–Crippen LogP) is 6.26. The van der Waals surface area contributed by atoms with Crippen LogP contribution in [0.2, 0.25) is 0 Å². The Morgan fingerprint density at radius 2 is 1.93 bits per heavy atom. The number of benzene rings is 1. The van der Waals surface area contributed by atoms with Crippen LogP contribution in [-0.4, -0.2) is 30.5 Å². The molecule has 1 saturated carbocycles. The largest absolute Gasteiger partial charge is 0.460 e. The quantitative estimate of drug-likeness (QED) is 0.394. The second-order valence-electron chi connectivity index (χ2n) is 8.03. The molecule has 3 nitrogen and oxygen atoms in total. The molecule has 1 aliphatic heterocycles. The molecular weight excluding hydrogens is 401 g/mol. The van der Waals surface area contributed by atoms with Crippen LogP contribution in [0.5, 0.6) is 0 Å². The number of halogens is 3. The van der Waals surface area contributed by atoms with Gasteiger partial charge in [0, 0.05) is 10.8 Å². The summed E-state index contributed by atoms with van der Waals surface area (Å²) in [7, 11) is 0. The fraction of sp³-hybridized carbons (Fsp3) is 0.682. The summed E-state index contributed by atoms with van der Waals surface area (Å²) < 4.78 is 53.1. The molecule has 0 aromatic heterocycles. The van der Waals surface area contributed by atoms with E-state index in [4.69, 9.17) is 9.47 Å². The lowest BCUT2D eigenvalue weighted by atomic mass is 9.87. The van der Waals surface area contributed by atoms with Crippen molar-refractivity contribution < 1.29 is 27.4 Å². The number of esters is 1. The number of hydrogen-bond acceptors (Lipinski definition) is 4. The zero-order valence-electron chi connectivity index (χ0n) is 17.0. The van der Waals surface area contributed by atoms with E-state index in [9.17, 15) is 18.0 Å². The average molecular weight is 431 g/mol. The van der Waals surface area contributed by atoms with E-state index in [0.717, 1.165) is 25.7 Å². The van der Waals surface area contributed by atoms with Crippen molar-refractivity contribution >= 4 is 17.7 Å². The summed E-state index contributed by atoms with van der Waals surface area (Å²) in [6.45, 7) is 4.16. The van der Waals surface area contributed by atoms with Crippen molar-refractivity contribution in [1.82, 2.24) is 0 Å². The molecule has 2 fully saturated rings. The Hall–Kier alpha value is -1.21. The van der Waals surface area contributed by atoms with Crippen molar-refractivity contribution in [2.24, 2.45) is 5.92 Å². The molecule has 0 N–H and O–H groups in total. The molecule has 2 aliphatic rings. The molecule has 3 rings (SSSR count). The van der Waals surface area contributed by atoms with Crippen LogP contribution in [-0.2, 0) is 14.3 Å². The third kappa shape index (κ3) is 5.48. The molecule has 1 aromatic carbocycles. The fourth-order valence-electron chi connectivity index (χ4n) is 4.20. The van der Waals surface area contributed by atoms with Crippen LogP contribution >= 0.6 is 11.8 Å². The Labute approximate surface area is 174 Å². The molecule has 1 aromatic rings. The van der Waals surface area contributed by atoms with Gasteiger partial charge in [-0.2, -0.15) is 0 Å². The number of hydrogen-bond donors (Lipinski definition) is 0. The zero-order chi connectivity index (χ0) is 21.0. The third-order valence-corrected chi connectivity index (χ3v) is 6.84. The molecule has 2 unspecified atom stereocenters. The van der Waals surface area contributed by atoms with E-state index in [1.54, 1.807) is 12.1 Å². The zero-order valence-corrected chi connectivity index (χ0v) is 17.8. The van der Waals surface area contributed by atoms with E-state index >= 15 is 0 Å². The maximum Gasteiger partial charge on any atom is 0.335 e. The third-order valence-electron chi connectivity index (χ3n) is 5.92. The van der Waals surface area contributed by atoms with Gasteiger partial charge in [0.25, 0.3) is 6.43 Å². The van der Waals surface area contributed by atoms with Crippen molar-refractivity contribution in [2.75, 3.05) is 12.4 Å². The molecule has 0 amide bonds. The Morgan fingerprint density at radius 3 is 2.52 bits per heavy atom. The average Bonchev–Trinajstić information content (AvgIpc) is 2.71. The molecule has 29 heavy (non-hydrogen) atoms. The van der Waals surface area contributed by atoms with E-state index in [2.05, 4.69) is 6.92 Å². The van der Waals surface area contributed by atoms with Gasteiger partial charge in [0.1, 0.15) is 11.9 Å². The van der Waals surface area contributed by atoms with Crippen LogP contribution < -0.4 is 0 Å². The van der Waals surface area contributed by atoms with Crippen molar-refractivity contribution in [2.45, 2.75) is 81.8 Å². The van der Waals surface area contributed by atoms with Crippen LogP contribution in [0, 0.1) is 11.7 Å². The molecule has 2 atom stereocenters. The van der Waals surface area contributed by atoms with E-state index < -0.39 is 23.9 Å². The lowest BCUT2D eigenvalue weighted by molar-refractivity contribution is -0.168. The molecule has 1 saturated heterocycles. The lowest BCUT2D eigenvalue weighted by Crippen LogP contribution is -2.36. The normalized spacial score (nSPS) is 27.8. The summed E-state index contributed by atoms with van der Waals surface area (Å²) in [5.41, 5.74) is -0.250. The molecule has 162 valence electrons. The second-order valence-corrected chi connectivity index (χ2v) is 9.34. The molecule has 1 heterocycles. The summed E-state index contributed by atoms with van der Waals surface area (Å²) in [6.07, 6.45) is 1.13. The van der Waals surface area contributed by atoms with E-state index in [1.165, 1.54) is 11.8 Å². The van der Waals surface area contributed by atoms with Crippen molar-refractivity contribution in [3.8, 4) is 0 Å². The summed E-state index contributed by atoms with van der Waals surface area (Å²) in [5, 5.41) is 0. The van der Waals surface area contributed by atoms with E-state index in [-0.39, 0.29) is 35.1 Å².